The summed E-state index contributed by atoms with van der Waals surface area (Å²) in [4.78, 5) is 12.2. The maximum Gasteiger partial charge on any atom is 0.274 e. The number of aromatic nitrogens is 2. The van der Waals surface area contributed by atoms with Crippen molar-refractivity contribution in [2.24, 2.45) is 7.05 Å². The minimum absolute atomic E-state index is 0.0502. The topological polar surface area (TPSA) is 99.5 Å². The monoisotopic (exact) mass is 387 g/mol. The highest BCUT2D eigenvalue weighted by molar-refractivity contribution is 7.89. The fourth-order valence-electron chi connectivity index (χ4n) is 2.94. The largest absolute Gasteiger partial charge is 0.486 e. The van der Waals surface area contributed by atoms with E-state index < -0.39 is 10.0 Å². The standard InChI is InChI=1S/C18H17N3O5S/c1-21-18(22)14-5-3-2-4-13(14)15(20-21)11-19-27(23,24)12-6-7-16-17(10-12)26-9-8-25-16/h2-7,10,19H,8-9,11H2,1H3. The fraction of sp³-hybridized carbons (Fsp3) is 0.222. The molecule has 0 fully saturated rings. The van der Waals surface area contributed by atoms with Crippen LogP contribution in [0.2, 0.25) is 0 Å². The third kappa shape index (κ3) is 3.26. The molecule has 0 saturated heterocycles. The van der Waals surface area contributed by atoms with Crippen molar-refractivity contribution in [3.8, 4) is 11.5 Å². The van der Waals surface area contributed by atoms with Crippen LogP contribution in [-0.2, 0) is 23.6 Å². The summed E-state index contributed by atoms with van der Waals surface area (Å²) in [6, 6.07) is 11.4. The molecule has 0 amide bonds. The SMILES string of the molecule is Cn1nc(CNS(=O)(=O)c2ccc3c(c2)OCCO3)c2ccccc2c1=O. The Morgan fingerprint density at radius 2 is 1.78 bits per heavy atom. The van der Waals surface area contributed by atoms with Crippen LogP contribution in [0.1, 0.15) is 5.69 Å². The Hall–Kier alpha value is -2.91. The molecule has 0 radical (unpaired) electrons. The van der Waals surface area contributed by atoms with Crippen LogP contribution in [0.25, 0.3) is 10.8 Å². The van der Waals surface area contributed by atoms with Gasteiger partial charge in [0.25, 0.3) is 5.56 Å². The summed E-state index contributed by atoms with van der Waals surface area (Å²) in [5.74, 6) is 0.917. The van der Waals surface area contributed by atoms with Crippen molar-refractivity contribution < 1.29 is 17.9 Å². The van der Waals surface area contributed by atoms with Crippen molar-refractivity contribution >= 4 is 20.8 Å². The molecule has 0 spiro atoms. The van der Waals surface area contributed by atoms with Crippen molar-refractivity contribution in [2.45, 2.75) is 11.4 Å². The summed E-state index contributed by atoms with van der Waals surface area (Å²) in [5.41, 5.74) is 0.234. The molecule has 2 aromatic carbocycles. The smallest absolute Gasteiger partial charge is 0.274 e. The summed E-state index contributed by atoms with van der Waals surface area (Å²) in [6.45, 7) is 0.756. The highest BCUT2D eigenvalue weighted by atomic mass is 32.2. The van der Waals surface area contributed by atoms with Crippen molar-refractivity contribution in [1.82, 2.24) is 14.5 Å². The number of nitrogens with zero attached hydrogens (tertiary/aromatic N) is 2. The quantitative estimate of drug-likeness (QED) is 0.722. The zero-order chi connectivity index (χ0) is 19.0. The van der Waals surface area contributed by atoms with E-state index in [9.17, 15) is 13.2 Å². The van der Waals surface area contributed by atoms with E-state index in [-0.39, 0.29) is 17.0 Å². The maximum absolute atomic E-state index is 12.7. The van der Waals surface area contributed by atoms with Crippen molar-refractivity contribution in [2.75, 3.05) is 13.2 Å². The second kappa shape index (κ2) is 6.67. The van der Waals surface area contributed by atoms with E-state index >= 15 is 0 Å². The first-order valence-corrected chi connectivity index (χ1v) is 9.78. The molecule has 3 aromatic rings. The second-order valence-corrected chi connectivity index (χ2v) is 7.82. The predicted octanol–water partition coefficient (Wildman–Crippen LogP) is 1.18. The third-order valence-corrected chi connectivity index (χ3v) is 5.69. The molecule has 0 saturated carbocycles. The zero-order valence-corrected chi connectivity index (χ0v) is 15.3. The van der Waals surface area contributed by atoms with Gasteiger partial charge >= 0.3 is 0 Å². The number of sulfonamides is 1. The van der Waals surface area contributed by atoms with Crippen LogP contribution in [0.15, 0.2) is 52.2 Å². The number of aryl methyl sites for hydroxylation is 1. The molecule has 0 atom stereocenters. The number of hydrogen-bond acceptors (Lipinski definition) is 6. The van der Waals surface area contributed by atoms with Crippen molar-refractivity contribution in [1.29, 1.82) is 0 Å². The van der Waals surface area contributed by atoms with Crippen LogP contribution in [0.5, 0.6) is 11.5 Å². The first-order chi connectivity index (χ1) is 13.0. The van der Waals surface area contributed by atoms with Crippen LogP contribution in [0.4, 0.5) is 0 Å². The molecular weight excluding hydrogens is 370 g/mol. The summed E-state index contributed by atoms with van der Waals surface area (Å²) in [7, 11) is -2.26. The third-order valence-electron chi connectivity index (χ3n) is 4.29. The van der Waals surface area contributed by atoms with Gasteiger partial charge in [-0.15, -0.1) is 0 Å². The van der Waals surface area contributed by atoms with Gasteiger partial charge in [0.1, 0.15) is 13.2 Å². The van der Waals surface area contributed by atoms with Gasteiger partial charge in [0, 0.05) is 18.5 Å². The number of nitrogens with one attached hydrogen (secondary N) is 1. The molecule has 1 aliphatic heterocycles. The average Bonchev–Trinajstić information content (AvgIpc) is 2.69. The van der Waals surface area contributed by atoms with Crippen LogP contribution < -0.4 is 19.8 Å². The molecule has 0 unspecified atom stereocenters. The minimum atomic E-state index is -3.80. The van der Waals surface area contributed by atoms with E-state index in [2.05, 4.69) is 9.82 Å². The second-order valence-electron chi connectivity index (χ2n) is 6.05. The molecule has 4 rings (SSSR count). The van der Waals surface area contributed by atoms with Gasteiger partial charge in [-0.2, -0.15) is 5.10 Å². The lowest BCUT2D eigenvalue weighted by Crippen LogP contribution is -2.27. The van der Waals surface area contributed by atoms with E-state index in [1.54, 1.807) is 30.3 Å². The van der Waals surface area contributed by atoms with Gasteiger partial charge in [-0.3, -0.25) is 4.79 Å². The van der Waals surface area contributed by atoms with E-state index in [4.69, 9.17) is 9.47 Å². The maximum atomic E-state index is 12.7. The van der Waals surface area contributed by atoms with Gasteiger partial charge in [0.2, 0.25) is 10.0 Å². The number of ether oxygens (including phenoxy) is 2. The molecule has 27 heavy (non-hydrogen) atoms. The van der Waals surface area contributed by atoms with Gasteiger partial charge in [-0.1, -0.05) is 18.2 Å². The molecule has 8 nitrogen and oxygen atoms in total. The first-order valence-electron chi connectivity index (χ1n) is 8.30. The van der Waals surface area contributed by atoms with Gasteiger partial charge in [0.05, 0.1) is 22.5 Å². The summed E-state index contributed by atoms with van der Waals surface area (Å²) < 4.78 is 39.9. The number of hydrogen-bond donors (Lipinski definition) is 1. The van der Waals surface area contributed by atoms with Crippen molar-refractivity contribution in [3.63, 3.8) is 0 Å². The summed E-state index contributed by atoms with van der Waals surface area (Å²) >= 11 is 0. The molecule has 1 aliphatic rings. The van der Waals surface area contributed by atoms with Gasteiger partial charge in [-0.05, 0) is 18.2 Å². The normalized spacial score (nSPS) is 13.7. The molecule has 9 heteroatoms. The molecular formula is C18H17N3O5S. The minimum Gasteiger partial charge on any atom is -0.486 e. The van der Waals surface area contributed by atoms with E-state index in [1.807, 2.05) is 0 Å². The average molecular weight is 387 g/mol. The molecule has 1 N–H and O–H groups in total. The zero-order valence-electron chi connectivity index (χ0n) is 14.5. The Morgan fingerprint density at radius 3 is 2.56 bits per heavy atom. The summed E-state index contributed by atoms with van der Waals surface area (Å²) in [6.07, 6.45) is 0. The lowest BCUT2D eigenvalue weighted by Gasteiger charge is -2.19. The van der Waals surface area contributed by atoms with Gasteiger partial charge in [-0.25, -0.2) is 17.8 Å². The Morgan fingerprint density at radius 1 is 1.07 bits per heavy atom. The predicted molar refractivity (Wildman–Crippen MR) is 98.4 cm³/mol. The summed E-state index contributed by atoms with van der Waals surface area (Å²) in [5, 5.41) is 5.31. The lowest BCUT2D eigenvalue weighted by molar-refractivity contribution is 0.171. The molecule has 140 valence electrons. The molecule has 0 bridgehead atoms. The number of rotatable bonds is 4. The molecule has 2 heterocycles. The van der Waals surface area contributed by atoms with Crippen LogP contribution in [0, 0.1) is 0 Å². The molecule has 0 aliphatic carbocycles. The Bertz CT molecular complexity index is 1190. The van der Waals surface area contributed by atoms with Crippen LogP contribution in [0.3, 0.4) is 0 Å². The van der Waals surface area contributed by atoms with Crippen LogP contribution >= 0.6 is 0 Å². The Kier molecular flexibility index (Phi) is 4.33. The first kappa shape index (κ1) is 17.5. The Balaban J connectivity index is 1.64. The van der Waals surface area contributed by atoms with Crippen LogP contribution in [-0.4, -0.2) is 31.4 Å². The number of fused-ring (bicyclic) bond motifs is 2. The van der Waals surface area contributed by atoms with Crippen molar-refractivity contribution in [3.05, 3.63) is 58.5 Å². The highest BCUT2D eigenvalue weighted by Gasteiger charge is 2.20. The van der Waals surface area contributed by atoms with E-state index in [1.165, 1.54) is 23.9 Å². The Labute approximate surface area is 155 Å². The number of benzene rings is 2. The highest BCUT2D eigenvalue weighted by Crippen LogP contribution is 2.32. The fourth-order valence-corrected chi connectivity index (χ4v) is 3.95. The van der Waals surface area contributed by atoms with E-state index in [0.29, 0.717) is 41.2 Å². The van der Waals surface area contributed by atoms with Gasteiger partial charge < -0.3 is 9.47 Å². The van der Waals surface area contributed by atoms with E-state index in [0.717, 1.165) is 0 Å². The molecule has 1 aromatic heterocycles. The van der Waals surface area contributed by atoms with Gasteiger partial charge in [0.15, 0.2) is 11.5 Å². The lowest BCUT2D eigenvalue weighted by atomic mass is 10.1.